The van der Waals surface area contributed by atoms with Gasteiger partial charge in [0.2, 0.25) is 0 Å². The van der Waals surface area contributed by atoms with Gasteiger partial charge in [0.25, 0.3) is 0 Å². The lowest BCUT2D eigenvalue weighted by Crippen LogP contribution is -2.43. The zero-order chi connectivity index (χ0) is 12.6. The van der Waals surface area contributed by atoms with Crippen molar-refractivity contribution in [3.05, 3.63) is 19.9 Å². The van der Waals surface area contributed by atoms with Crippen LogP contribution in [0.3, 0.4) is 0 Å². The summed E-state index contributed by atoms with van der Waals surface area (Å²) in [5, 5.41) is 2.19. The number of thiophene rings is 1. The summed E-state index contributed by atoms with van der Waals surface area (Å²) in [4.78, 5) is 0. The standard InChI is InChI=1S/C13H18INO2S/c14-11-5-10(7-18-11)12(15)9-1-3-17-13(6-9)2-4-16-8-13/h5,7,9,12H,1-4,6,8,15H2. The smallest absolute Gasteiger partial charge is 0.0940 e. The molecule has 2 saturated heterocycles. The molecule has 5 heteroatoms. The van der Waals surface area contributed by atoms with Gasteiger partial charge in [0.15, 0.2) is 0 Å². The van der Waals surface area contributed by atoms with Gasteiger partial charge in [-0.1, -0.05) is 0 Å². The molecule has 0 amide bonds. The summed E-state index contributed by atoms with van der Waals surface area (Å²) in [6, 6.07) is 2.36. The first-order valence-corrected chi connectivity index (χ1v) is 8.36. The van der Waals surface area contributed by atoms with Gasteiger partial charge in [0.1, 0.15) is 0 Å². The lowest BCUT2D eigenvalue weighted by Gasteiger charge is -2.39. The Bertz CT molecular complexity index is 417. The summed E-state index contributed by atoms with van der Waals surface area (Å²) in [6.45, 7) is 2.40. The van der Waals surface area contributed by atoms with Gasteiger partial charge < -0.3 is 15.2 Å². The number of ether oxygens (including phenoxy) is 2. The summed E-state index contributed by atoms with van der Waals surface area (Å²) >= 11 is 4.13. The van der Waals surface area contributed by atoms with Gasteiger partial charge in [-0.05, 0) is 58.4 Å². The highest BCUT2D eigenvalue weighted by Crippen LogP contribution is 2.40. The Morgan fingerprint density at radius 1 is 1.50 bits per heavy atom. The highest BCUT2D eigenvalue weighted by atomic mass is 127. The molecule has 2 fully saturated rings. The van der Waals surface area contributed by atoms with E-state index in [1.165, 1.54) is 8.45 Å². The van der Waals surface area contributed by atoms with E-state index in [-0.39, 0.29) is 11.6 Å². The average Bonchev–Trinajstić information content (AvgIpc) is 2.98. The third-order valence-electron chi connectivity index (χ3n) is 4.08. The van der Waals surface area contributed by atoms with Crippen LogP contribution < -0.4 is 5.73 Å². The molecule has 0 radical (unpaired) electrons. The summed E-state index contributed by atoms with van der Waals surface area (Å²) in [5.74, 6) is 0.519. The number of rotatable bonds is 2. The van der Waals surface area contributed by atoms with Gasteiger partial charge in [-0.15, -0.1) is 11.3 Å². The highest BCUT2D eigenvalue weighted by Gasteiger charge is 2.42. The lowest BCUT2D eigenvalue weighted by atomic mass is 9.80. The molecule has 2 aliphatic rings. The van der Waals surface area contributed by atoms with Crippen LogP contribution in [0, 0.1) is 8.80 Å². The molecule has 0 bridgehead atoms. The molecule has 0 aliphatic carbocycles. The molecule has 1 spiro atoms. The molecule has 2 aliphatic heterocycles. The van der Waals surface area contributed by atoms with Crippen LogP contribution in [0.5, 0.6) is 0 Å². The molecule has 3 rings (SSSR count). The SMILES string of the molecule is NC(c1csc(I)c1)C1CCOC2(CCOC2)C1. The van der Waals surface area contributed by atoms with Crippen LogP contribution in [-0.2, 0) is 9.47 Å². The van der Waals surface area contributed by atoms with Crippen molar-refractivity contribution >= 4 is 33.9 Å². The highest BCUT2D eigenvalue weighted by molar-refractivity contribution is 14.1. The second-order valence-corrected chi connectivity index (χ2v) is 8.10. The molecule has 1 aromatic heterocycles. The van der Waals surface area contributed by atoms with Crippen LogP contribution in [0.15, 0.2) is 11.4 Å². The molecule has 3 atom stereocenters. The van der Waals surface area contributed by atoms with Crippen LogP contribution in [0.4, 0.5) is 0 Å². The van der Waals surface area contributed by atoms with Crippen molar-refractivity contribution in [3.63, 3.8) is 0 Å². The maximum Gasteiger partial charge on any atom is 0.0940 e. The Kier molecular flexibility index (Phi) is 3.96. The maximum atomic E-state index is 6.44. The van der Waals surface area contributed by atoms with Crippen LogP contribution in [0.2, 0.25) is 0 Å². The van der Waals surface area contributed by atoms with E-state index < -0.39 is 0 Å². The van der Waals surface area contributed by atoms with Gasteiger partial charge in [0.05, 0.1) is 15.1 Å². The largest absolute Gasteiger partial charge is 0.378 e. The normalized spacial score (nSPS) is 34.0. The number of nitrogens with two attached hydrogens (primary N) is 1. The molecule has 0 aromatic carbocycles. The van der Waals surface area contributed by atoms with E-state index in [4.69, 9.17) is 15.2 Å². The van der Waals surface area contributed by atoms with Crippen molar-refractivity contribution in [1.29, 1.82) is 0 Å². The first-order chi connectivity index (χ1) is 8.69. The number of halogens is 1. The summed E-state index contributed by atoms with van der Waals surface area (Å²) in [7, 11) is 0. The van der Waals surface area contributed by atoms with E-state index in [0.29, 0.717) is 5.92 Å². The molecular weight excluding hydrogens is 361 g/mol. The topological polar surface area (TPSA) is 44.5 Å². The second kappa shape index (κ2) is 5.36. The van der Waals surface area contributed by atoms with Crippen molar-refractivity contribution in [3.8, 4) is 0 Å². The molecule has 18 heavy (non-hydrogen) atoms. The van der Waals surface area contributed by atoms with Crippen molar-refractivity contribution < 1.29 is 9.47 Å². The van der Waals surface area contributed by atoms with Crippen LogP contribution in [0.1, 0.15) is 30.9 Å². The first kappa shape index (κ1) is 13.3. The predicted molar refractivity (Wildman–Crippen MR) is 80.8 cm³/mol. The fraction of sp³-hybridized carbons (Fsp3) is 0.692. The number of hydrogen-bond donors (Lipinski definition) is 1. The Morgan fingerprint density at radius 3 is 3.06 bits per heavy atom. The predicted octanol–water partition coefficient (Wildman–Crippen LogP) is 2.94. The van der Waals surface area contributed by atoms with E-state index in [1.54, 1.807) is 11.3 Å². The maximum absolute atomic E-state index is 6.44. The summed E-state index contributed by atoms with van der Waals surface area (Å²) < 4.78 is 12.8. The fourth-order valence-electron chi connectivity index (χ4n) is 3.01. The average molecular weight is 379 g/mol. The van der Waals surface area contributed by atoms with Crippen molar-refractivity contribution in [2.45, 2.75) is 30.9 Å². The van der Waals surface area contributed by atoms with E-state index in [9.17, 15) is 0 Å². The molecule has 1 aromatic rings. The minimum Gasteiger partial charge on any atom is -0.378 e. The van der Waals surface area contributed by atoms with E-state index in [0.717, 1.165) is 39.1 Å². The third-order valence-corrected chi connectivity index (χ3v) is 5.89. The molecule has 3 nitrogen and oxygen atoms in total. The lowest BCUT2D eigenvalue weighted by molar-refractivity contribution is -0.101. The molecule has 100 valence electrons. The minimum absolute atomic E-state index is 0.0380. The zero-order valence-electron chi connectivity index (χ0n) is 10.2. The Balaban J connectivity index is 1.72. The van der Waals surface area contributed by atoms with E-state index in [2.05, 4.69) is 34.0 Å². The van der Waals surface area contributed by atoms with Crippen molar-refractivity contribution in [2.75, 3.05) is 19.8 Å². The molecule has 3 unspecified atom stereocenters. The first-order valence-electron chi connectivity index (χ1n) is 6.40. The summed E-state index contributed by atoms with van der Waals surface area (Å²) in [6.07, 6.45) is 3.13. The van der Waals surface area contributed by atoms with Gasteiger partial charge in [-0.3, -0.25) is 0 Å². The number of hydrogen-bond acceptors (Lipinski definition) is 4. The van der Waals surface area contributed by atoms with Crippen molar-refractivity contribution in [1.82, 2.24) is 0 Å². The van der Waals surface area contributed by atoms with Crippen molar-refractivity contribution in [2.24, 2.45) is 11.7 Å². The quantitative estimate of drug-likeness (QED) is 0.804. The van der Waals surface area contributed by atoms with Gasteiger partial charge >= 0.3 is 0 Å². The van der Waals surface area contributed by atoms with E-state index in [1.807, 2.05) is 0 Å². The summed E-state index contributed by atoms with van der Waals surface area (Å²) in [5.41, 5.74) is 7.69. The fourth-order valence-corrected chi connectivity index (χ4v) is 4.42. The Labute approximate surface area is 125 Å². The van der Waals surface area contributed by atoms with Gasteiger partial charge in [-0.25, -0.2) is 0 Å². The minimum atomic E-state index is -0.0380. The van der Waals surface area contributed by atoms with Crippen LogP contribution >= 0.6 is 33.9 Å². The zero-order valence-corrected chi connectivity index (χ0v) is 13.2. The Morgan fingerprint density at radius 2 is 2.39 bits per heavy atom. The van der Waals surface area contributed by atoms with Gasteiger partial charge in [-0.2, -0.15) is 0 Å². The second-order valence-electron chi connectivity index (χ2n) is 5.30. The third kappa shape index (κ3) is 2.60. The van der Waals surface area contributed by atoms with Crippen LogP contribution in [0.25, 0.3) is 0 Å². The molecule has 0 saturated carbocycles. The van der Waals surface area contributed by atoms with Gasteiger partial charge in [0, 0.05) is 25.7 Å². The molecule has 2 N–H and O–H groups in total. The Hall–Kier alpha value is 0.310. The molecular formula is C13H18INO2S. The van der Waals surface area contributed by atoms with Crippen LogP contribution in [-0.4, -0.2) is 25.4 Å². The van der Waals surface area contributed by atoms with E-state index >= 15 is 0 Å². The molecule has 3 heterocycles. The monoisotopic (exact) mass is 379 g/mol.